The summed E-state index contributed by atoms with van der Waals surface area (Å²) in [5.41, 5.74) is 6.48. The van der Waals surface area contributed by atoms with Crippen LogP contribution in [0.5, 0.6) is 0 Å². The first-order chi connectivity index (χ1) is 4.75. The molecule has 0 aromatic heterocycles. The molecule has 1 unspecified atom stereocenters. The average molecular weight is 139 g/mol. The molecule has 0 aromatic carbocycles. The normalized spacial score (nSPS) is 24.4. The van der Waals surface area contributed by atoms with Crippen LogP contribution in [0.1, 0.15) is 6.92 Å². The molecule has 0 saturated carbocycles. The quantitative estimate of drug-likeness (QED) is 0.545. The molecule has 1 atom stereocenters. The van der Waals surface area contributed by atoms with E-state index in [9.17, 15) is 4.91 Å². The molecule has 0 fully saturated rings. The first kappa shape index (κ1) is 6.95. The number of allylic oxidation sites excluding steroid dienone is 2. The van der Waals surface area contributed by atoms with E-state index in [1.165, 1.54) is 5.01 Å². The Labute approximate surface area is 58.9 Å². The van der Waals surface area contributed by atoms with Gasteiger partial charge in [-0.3, -0.25) is 0 Å². The Morgan fingerprint density at radius 3 is 3.00 bits per heavy atom. The molecular weight excluding hydrogens is 130 g/mol. The van der Waals surface area contributed by atoms with Crippen LogP contribution in [0.25, 0.3) is 0 Å². The van der Waals surface area contributed by atoms with E-state index in [4.69, 9.17) is 5.73 Å². The third kappa shape index (κ3) is 1.06. The standard InChI is InChI=1S/C6H9N3O/c1-5-3-2-4-9(8-10)6(5)7/h2-4,6H,7H2,1H3. The van der Waals surface area contributed by atoms with Crippen LogP contribution in [-0.4, -0.2) is 11.2 Å². The molecule has 1 rings (SSSR count). The lowest BCUT2D eigenvalue weighted by molar-refractivity contribution is 0.321. The minimum Gasteiger partial charge on any atom is -0.306 e. The SMILES string of the molecule is CC1=CC=CN(N=O)C1N. The Morgan fingerprint density at radius 1 is 1.80 bits per heavy atom. The zero-order valence-corrected chi connectivity index (χ0v) is 5.69. The smallest absolute Gasteiger partial charge is 0.124 e. The average Bonchev–Trinajstić information content (AvgIpc) is 1.95. The fourth-order valence-electron chi connectivity index (χ4n) is 0.761. The second kappa shape index (κ2) is 2.62. The molecule has 10 heavy (non-hydrogen) atoms. The van der Waals surface area contributed by atoms with Gasteiger partial charge in [0.2, 0.25) is 0 Å². The molecule has 2 N–H and O–H groups in total. The first-order valence-corrected chi connectivity index (χ1v) is 2.98. The van der Waals surface area contributed by atoms with E-state index in [1.807, 2.05) is 13.0 Å². The van der Waals surface area contributed by atoms with Gasteiger partial charge in [0.15, 0.2) is 0 Å². The Balaban J connectivity index is 2.77. The highest BCUT2D eigenvalue weighted by Gasteiger charge is 2.14. The van der Waals surface area contributed by atoms with Crippen LogP contribution in [0.3, 0.4) is 0 Å². The maximum absolute atomic E-state index is 10.0. The van der Waals surface area contributed by atoms with Gasteiger partial charge in [0.25, 0.3) is 0 Å². The van der Waals surface area contributed by atoms with E-state index < -0.39 is 0 Å². The third-order valence-corrected chi connectivity index (χ3v) is 1.44. The fraction of sp³-hybridized carbons (Fsp3) is 0.333. The summed E-state index contributed by atoms with van der Waals surface area (Å²) in [5.74, 6) is 0. The van der Waals surface area contributed by atoms with Gasteiger partial charge in [-0.15, -0.1) is 4.91 Å². The number of nitrogens with two attached hydrogens (primary N) is 1. The van der Waals surface area contributed by atoms with Gasteiger partial charge in [-0.2, -0.15) is 0 Å². The summed E-state index contributed by atoms with van der Waals surface area (Å²) in [6.45, 7) is 1.85. The van der Waals surface area contributed by atoms with Crippen molar-refractivity contribution in [2.24, 2.45) is 11.0 Å². The second-order valence-corrected chi connectivity index (χ2v) is 2.16. The predicted molar refractivity (Wildman–Crippen MR) is 38.5 cm³/mol. The summed E-state index contributed by atoms with van der Waals surface area (Å²) in [4.78, 5) is 10.0. The molecule has 4 heteroatoms. The van der Waals surface area contributed by atoms with Gasteiger partial charge >= 0.3 is 0 Å². The van der Waals surface area contributed by atoms with E-state index in [1.54, 1.807) is 12.3 Å². The van der Waals surface area contributed by atoms with Crippen molar-refractivity contribution in [1.29, 1.82) is 0 Å². The van der Waals surface area contributed by atoms with Gasteiger partial charge in [-0.05, 0) is 18.6 Å². The van der Waals surface area contributed by atoms with Crippen molar-refractivity contribution in [3.05, 3.63) is 28.8 Å². The number of hydrogen-bond donors (Lipinski definition) is 1. The topological polar surface area (TPSA) is 58.7 Å². The second-order valence-electron chi connectivity index (χ2n) is 2.16. The van der Waals surface area contributed by atoms with Crippen molar-refractivity contribution in [2.75, 3.05) is 0 Å². The number of nitroso groups, excluding NO2 is 1. The molecular formula is C6H9N3O. The number of nitrogens with zero attached hydrogens (tertiary/aromatic N) is 2. The van der Waals surface area contributed by atoms with Crippen molar-refractivity contribution in [3.63, 3.8) is 0 Å². The van der Waals surface area contributed by atoms with Crippen molar-refractivity contribution in [2.45, 2.75) is 13.1 Å². The summed E-state index contributed by atoms with van der Waals surface area (Å²) < 4.78 is 0. The zero-order chi connectivity index (χ0) is 7.56. The zero-order valence-electron chi connectivity index (χ0n) is 5.69. The Kier molecular flexibility index (Phi) is 1.82. The third-order valence-electron chi connectivity index (χ3n) is 1.44. The van der Waals surface area contributed by atoms with Crippen LogP contribution < -0.4 is 5.73 Å². The maximum atomic E-state index is 10.0. The lowest BCUT2D eigenvalue weighted by Crippen LogP contribution is -2.36. The molecule has 1 aliphatic rings. The highest BCUT2D eigenvalue weighted by Crippen LogP contribution is 2.10. The largest absolute Gasteiger partial charge is 0.306 e. The summed E-state index contributed by atoms with van der Waals surface area (Å²) in [6, 6.07) is 0. The number of rotatable bonds is 1. The van der Waals surface area contributed by atoms with Crippen molar-refractivity contribution in [1.82, 2.24) is 5.01 Å². The molecule has 0 aliphatic carbocycles. The Morgan fingerprint density at radius 2 is 2.50 bits per heavy atom. The van der Waals surface area contributed by atoms with Gasteiger partial charge < -0.3 is 5.73 Å². The van der Waals surface area contributed by atoms with Crippen LogP contribution in [0.15, 0.2) is 29.2 Å². The van der Waals surface area contributed by atoms with E-state index in [2.05, 4.69) is 5.29 Å². The molecule has 0 spiro atoms. The van der Waals surface area contributed by atoms with Crippen molar-refractivity contribution < 1.29 is 0 Å². The molecule has 0 radical (unpaired) electrons. The molecule has 1 aliphatic heterocycles. The minimum atomic E-state index is -0.387. The lowest BCUT2D eigenvalue weighted by Gasteiger charge is -2.21. The summed E-state index contributed by atoms with van der Waals surface area (Å²) in [7, 11) is 0. The van der Waals surface area contributed by atoms with E-state index in [0.29, 0.717) is 0 Å². The van der Waals surface area contributed by atoms with Gasteiger partial charge in [-0.25, -0.2) is 5.01 Å². The van der Waals surface area contributed by atoms with E-state index >= 15 is 0 Å². The summed E-state index contributed by atoms with van der Waals surface area (Å²) in [6.07, 6.45) is 4.75. The van der Waals surface area contributed by atoms with E-state index in [-0.39, 0.29) is 6.17 Å². The van der Waals surface area contributed by atoms with Gasteiger partial charge in [0.1, 0.15) is 6.17 Å². The van der Waals surface area contributed by atoms with Gasteiger partial charge in [0, 0.05) is 6.20 Å². The van der Waals surface area contributed by atoms with Crippen LogP contribution in [0.4, 0.5) is 0 Å². The van der Waals surface area contributed by atoms with Crippen LogP contribution in [0.2, 0.25) is 0 Å². The van der Waals surface area contributed by atoms with Crippen LogP contribution >= 0.6 is 0 Å². The maximum Gasteiger partial charge on any atom is 0.124 e. The van der Waals surface area contributed by atoms with Gasteiger partial charge in [0.05, 0.1) is 5.29 Å². The fourth-order valence-corrected chi connectivity index (χ4v) is 0.761. The van der Waals surface area contributed by atoms with Crippen LogP contribution in [-0.2, 0) is 0 Å². The molecule has 0 aromatic rings. The van der Waals surface area contributed by atoms with Crippen molar-refractivity contribution >= 4 is 0 Å². The molecule has 0 bridgehead atoms. The molecule has 54 valence electrons. The highest BCUT2D eigenvalue weighted by atomic mass is 16.3. The lowest BCUT2D eigenvalue weighted by atomic mass is 10.2. The molecule has 4 nitrogen and oxygen atoms in total. The summed E-state index contributed by atoms with van der Waals surface area (Å²) in [5, 5.41) is 3.89. The first-order valence-electron chi connectivity index (χ1n) is 2.98. The Bertz CT molecular complexity index is 197. The molecule has 1 heterocycles. The molecule has 0 amide bonds. The van der Waals surface area contributed by atoms with Gasteiger partial charge in [-0.1, -0.05) is 6.08 Å². The monoisotopic (exact) mass is 139 g/mol. The minimum absolute atomic E-state index is 0.387. The Hall–Kier alpha value is -1.16. The van der Waals surface area contributed by atoms with E-state index in [0.717, 1.165) is 5.57 Å². The highest BCUT2D eigenvalue weighted by molar-refractivity contribution is 5.19. The molecule has 0 saturated heterocycles. The van der Waals surface area contributed by atoms with Crippen LogP contribution in [0, 0.1) is 4.91 Å². The predicted octanol–water partition coefficient (Wildman–Crippen LogP) is 0.728. The number of hydrogen-bond acceptors (Lipinski definition) is 3. The van der Waals surface area contributed by atoms with Crippen molar-refractivity contribution in [3.8, 4) is 0 Å². The summed E-state index contributed by atoms with van der Waals surface area (Å²) >= 11 is 0.